The van der Waals surface area contributed by atoms with Gasteiger partial charge in [0, 0.05) is 24.7 Å². The van der Waals surface area contributed by atoms with Gasteiger partial charge in [-0.1, -0.05) is 48.0 Å². The normalized spacial score (nSPS) is 16.3. The molecule has 0 radical (unpaired) electrons. The molecule has 118 valence electrons. The minimum atomic E-state index is -0.571. The summed E-state index contributed by atoms with van der Waals surface area (Å²) < 4.78 is 0. The molecule has 1 N–H and O–H groups in total. The molecule has 0 unspecified atom stereocenters. The lowest BCUT2D eigenvalue weighted by Crippen LogP contribution is -2.37. The van der Waals surface area contributed by atoms with Crippen molar-refractivity contribution in [2.24, 2.45) is 0 Å². The second-order valence-corrected chi connectivity index (χ2v) is 5.92. The van der Waals surface area contributed by atoms with Gasteiger partial charge in [-0.25, -0.2) is 0 Å². The van der Waals surface area contributed by atoms with E-state index in [1.54, 1.807) is 4.90 Å². The lowest BCUT2D eigenvalue weighted by molar-refractivity contribution is -0.126. The molecular weight excluding hydrogens is 288 g/mol. The second-order valence-electron chi connectivity index (χ2n) is 5.92. The summed E-state index contributed by atoms with van der Waals surface area (Å²) in [5, 5.41) is 2.77. The van der Waals surface area contributed by atoms with E-state index in [2.05, 4.69) is 17.4 Å². The molecule has 4 nitrogen and oxygen atoms in total. The standard InChI is InChI=1S/C19H20N2O2/c1-13-8-9-17-16(12-13)18(20-14(2)22)19(23)21(17)11-10-15-6-4-3-5-7-15/h3-9,12,18H,10-11H2,1-2H3,(H,20,22)/t18-/m1/s1. The minimum absolute atomic E-state index is 0.0586. The zero-order chi connectivity index (χ0) is 16.4. The van der Waals surface area contributed by atoms with E-state index >= 15 is 0 Å². The summed E-state index contributed by atoms with van der Waals surface area (Å²) in [5.74, 6) is -0.252. The van der Waals surface area contributed by atoms with Gasteiger partial charge in [0.05, 0.1) is 0 Å². The van der Waals surface area contributed by atoms with Gasteiger partial charge in [-0.05, 0) is 25.0 Å². The van der Waals surface area contributed by atoms with E-state index in [1.165, 1.54) is 12.5 Å². The first kappa shape index (κ1) is 15.3. The maximum absolute atomic E-state index is 12.7. The van der Waals surface area contributed by atoms with Gasteiger partial charge < -0.3 is 10.2 Å². The molecular formula is C19H20N2O2. The number of nitrogens with zero attached hydrogens (tertiary/aromatic N) is 1. The van der Waals surface area contributed by atoms with Crippen LogP contribution in [0.15, 0.2) is 48.5 Å². The number of hydrogen-bond acceptors (Lipinski definition) is 2. The highest BCUT2D eigenvalue weighted by Gasteiger charge is 2.37. The van der Waals surface area contributed by atoms with Crippen molar-refractivity contribution in [2.45, 2.75) is 26.3 Å². The third-order valence-electron chi connectivity index (χ3n) is 4.11. The van der Waals surface area contributed by atoms with Crippen LogP contribution in [-0.4, -0.2) is 18.4 Å². The number of nitrogens with one attached hydrogen (secondary N) is 1. The van der Waals surface area contributed by atoms with Crippen molar-refractivity contribution in [3.05, 3.63) is 65.2 Å². The second kappa shape index (κ2) is 6.24. The van der Waals surface area contributed by atoms with E-state index in [-0.39, 0.29) is 11.8 Å². The van der Waals surface area contributed by atoms with Crippen LogP contribution < -0.4 is 10.2 Å². The van der Waals surface area contributed by atoms with Crippen LogP contribution in [0.1, 0.15) is 29.7 Å². The quantitative estimate of drug-likeness (QED) is 0.944. The van der Waals surface area contributed by atoms with Crippen molar-refractivity contribution >= 4 is 17.5 Å². The van der Waals surface area contributed by atoms with Crippen molar-refractivity contribution in [3.8, 4) is 0 Å². The molecule has 2 aromatic carbocycles. The molecule has 0 bridgehead atoms. The Hall–Kier alpha value is -2.62. The molecule has 0 fully saturated rings. The average Bonchev–Trinajstić information content (AvgIpc) is 2.78. The van der Waals surface area contributed by atoms with Gasteiger partial charge in [0.1, 0.15) is 6.04 Å². The van der Waals surface area contributed by atoms with Crippen LogP contribution in [0.2, 0.25) is 0 Å². The molecule has 0 spiro atoms. The summed E-state index contributed by atoms with van der Waals surface area (Å²) in [6, 6.07) is 15.5. The Kier molecular flexibility index (Phi) is 4.15. The monoisotopic (exact) mass is 308 g/mol. The van der Waals surface area contributed by atoms with Gasteiger partial charge in [-0.15, -0.1) is 0 Å². The van der Waals surface area contributed by atoms with E-state index in [0.717, 1.165) is 23.2 Å². The first-order chi connectivity index (χ1) is 11.1. The summed E-state index contributed by atoms with van der Waals surface area (Å²) in [7, 11) is 0. The summed E-state index contributed by atoms with van der Waals surface area (Å²) in [6.45, 7) is 4.03. The number of fused-ring (bicyclic) bond motifs is 1. The lowest BCUT2D eigenvalue weighted by Gasteiger charge is -2.18. The third-order valence-corrected chi connectivity index (χ3v) is 4.11. The molecule has 3 rings (SSSR count). The smallest absolute Gasteiger partial charge is 0.254 e. The predicted molar refractivity (Wildman–Crippen MR) is 90.2 cm³/mol. The van der Waals surface area contributed by atoms with Crippen molar-refractivity contribution in [3.63, 3.8) is 0 Å². The fourth-order valence-corrected chi connectivity index (χ4v) is 3.02. The van der Waals surface area contributed by atoms with E-state index < -0.39 is 6.04 Å². The SMILES string of the molecule is CC(=O)N[C@H]1C(=O)N(CCc2ccccc2)c2ccc(C)cc21. The first-order valence-corrected chi connectivity index (χ1v) is 7.79. The number of benzene rings is 2. The third kappa shape index (κ3) is 3.11. The van der Waals surface area contributed by atoms with Gasteiger partial charge in [-0.3, -0.25) is 9.59 Å². The molecule has 0 saturated carbocycles. The molecule has 1 atom stereocenters. The molecule has 0 saturated heterocycles. The van der Waals surface area contributed by atoms with Crippen LogP contribution in [0.3, 0.4) is 0 Å². The van der Waals surface area contributed by atoms with Gasteiger partial charge in [0.25, 0.3) is 5.91 Å². The van der Waals surface area contributed by atoms with Crippen molar-refractivity contribution in [1.29, 1.82) is 0 Å². The summed E-state index contributed by atoms with van der Waals surface area (Å²) >= 11 is 0. The average molecular weight is 308 g/mol. The van der Waals surface area contributed by atoms with Crippen LogP contribution in [0.25, 0.3) is 0 Å². The number of amides is 2. The summed E-state index contributed by atoms with van der Waals surface area (Å²) in [6.07, 6.45) is 0.784. The molecule has 2 aromatic rings. The van der Waals surface area contributed by atoms with E-state index in [1.807, 2.05) is 43.3 Å². The molecule has 0 aliphatic carbocycles. The predicted octanol–water partition coefficient (Wildman–Crippen LogP) is 2.76. The van der Waals surface area contributed by atoms with Crippen molar-refractivity contribution in [1.82, 2.24) is 5.32 Å². The van der Waals surface area contributed by atoms with Crippen LogP contribution in [0, 0.1) is 6.92 Å². The van der Waals surface area contributed by atoms with E-state index in [9.17, 15) is 9.59 Å². The van der Waals surface area contributed by atoms with Crippen LogP contribution >= 0.6 is 0 Å². The number of rotatable bonds is 4. The Bertz CT molecular complexity index is 740. The fourth-order valence-electron chi connectivity index (χ4n) is 3.02. The highest BCUT2D eigenvalue weighted by molar-refractivity contribution is 6.06. The maximum atomic E-state index is 12.7. The first-order valence-electron chi connectivity index (χ1n) is 7.79. The van der Waals surface area contributed by atoms with Crippen LogP contribution in [0.5, 0.6) is 0 Å². The molecule has 1 aliphatic heterocycles. The summed E-state index contributed by atoms with van der Waals surface area (Å²) in [4.78, 5) is 26.0. The zero-order valence-electron chi connectivity index (χ0n) is 13.4. The Morgan fingerprint density at radius 2 is 1.91 bits per heavy atom. The van der Waals surface area contributed by atoms with Gasteiger partial charge >= 0.3 is 0 Å². The number of carbonyl (C=O) groups excluding carboxylic acids is 2. The Balaban J connectivity index is 1.86. The number of hydrogen-bond donors (Lipinski definition) is 1. The molecule has 0 aromatic heterocycles. The molecule has 4 heteroatoms. The lowest BCUT2D eigenvalue weighted by atomic mass is 10.1. The maximum Gasteiger partial charge on any atom is 0.254 e. The highest BCUT2D eigenvalue weighted by atomic mass is 16.2. The zero-order valence-corrected chi connectivity index (χ0v) is 13.4. The van der Waals surface area contributed by atoms with Crippen molar-refractivity contribution in [2.75, 3.05) is 11.4 Å². The van der Waals surface area contributed by atoms with E-state index in [0.29, 0.717) is 6.54 Å². The molecule has 23 heavy (non-hydrogen) atoms. The molecule has 1 aliphatic rings. The minimum Gasteiger partial charge on any atom is -0.341 e. The Labute approximate surface area is 136 Å². The van der Waals surface area contributed by atoms with E-state index in [4.69, 9.17) is 0 Å². The van der Waals surface area contributed by atoms with Gasteiger partial charge in [0.15, 0.2) is 0 Å². The van der Waals surface area contributed by atoms with Gasteiger partial charge in [-0.2, -0.15) is 0 Å². The van der Waals surface area contributed by atoms with Crippen molar-refractivity contribution < 1.29 is 9.59 Å². The van der Waals surface area contributed by atoms with Gasteiger partial charge in [0.2, 0.25) is 5.91 Å². The summed E-state index contributed by atoms with van der Waals surface area (Å²) in [5.41, 5.74) is 4.06. The largest absolute Gasteiger partial charge is 0.341 e. The number of aryl methyl sites for hydroxylation is 1. The highest BCUT2D eigenvalue weighted by Crippen LogP contribution is 2.36. The van der Waals surface area contributed by atoms with Crippen LogP contribution in [0.4, 0.5) is 5.69 Å². The molecule has 1 heterocycles. The van der Waals surface area contributed by atoms with Crippen LogP contribution in [-0.2, 0) is 16.0 Å². The molecule has 2 amide bonds. The number of anilines is 1. The topological polar surface area (TPSA) is 49.4 Å². The fraction of sp³-hybridized carbons (Fsp3) is 0.263. The number of carbonyl (C=O) groups is 2. The Morgan fingerprint density at radius 1 is 1.17 bits per heavy atom. The Morgan fingerprint density at radius 3 is 2.61 bits per heavy atom.